The Morgan fingerprint density at radius 3 is 2.42 bits per heavy atom. The number of hydrogen-bond acceptors (Lipinski definition) is 2. The van der Waals surface area contributed by atoms with E-state index in [0.29, 0.717) is 0 Å². The van der Waals surface area contributed by atoms with Crippen LogP contribution in [0.1, 0.15) is 39.5 Å². The second-order valence-electron chi connectivity index (χ2n) is 3.65. The molecule has 0 rings (SSSR count). The predicted octanol–water partition coefficient (Wildman–Crippen LogP) is 1.88. The highest BCUT2D eigenvalue weighted by molar-refractivity contribution is 4.55. The van der Waals surface area contributed by atoms with Gasteiger partial charge in [0.2, 0.25) is 0 Å². The minimum Gasteiger partial charge on any atom is -0.393 e. The molecule has 0 aromatic carbocycles. The van der Waals surface area contributed by atoms with E-state index < -0.39 is 0 Å². The van der Waals surface area contributed by atoms with E-state index in [9.17, 15) is 0 Å². The van der Waals surface area contributed by atoms with Crippen LogP contribution in [0.5, 0.6) is 0 Å². The quantitative estimate of drug-likeness (QED) is 0.594. The molecule has 1 atom stereocenters. The SMILES string of the molecule is CCCCCN(C)CCC(C)O. The van der Waals surface area contributed by atoms with Gasteiger partial charge in [-0.25, -0.2) is 0 Å². The Bertz CT molecular complexity index is 93.8. The Hall–Kier alpha value is -0.0800. The zero-order valence-corrected chi connectivity index (χ0v) is 8.71. The lowest BCUT2D eigenvalue weighted by Gasteiger charge is -2.16. The van der Waals surface area contributed by atoms with Crippen molar-refractivity contribution in [3.05, 3.63) is 0 Å². The molecule has 2 heteroatoms. The van der Waals surface area contributed by atoms with Gasteiger partial charge in [0.15, 0.2) is 0 Å². The molecule has 0 saturated heterocycles. The van der Waals surface area contributed by atoms with Crippen molar-refractivity contribution in [2.75, 3.05) is 20.1 Å². The van der Waals surface area contributed by atoms with Crippen LogP contribution in [0, 0.1) is 0 Å². The Labute approximate surface area is 76.6 Å². The Morgan fingerprint density at radius 1 is 1.25 bits per heavy atom. The number of aliphatic hydroxyl groups excluding tert-OH is 1. The van der Waals surface area contributed by atoms with Crippen molar-refractivity contribution in [2.24, 2.45) is 0 Å². The highest BCUT2D eigenvalue weighted by Crippen LogP contribution is 1.98. The third kappa shape index (κ3) is 8.02. The van der Waals surface area contributed by atoms with Gasteiger partial charge in [0.05, 0.1) is 6.10 Å². The van der Waals surface area contributed by atoms with Crippen LogP contribution < -0.4 is 0 Å². The van der Waals surface area contributed by atoms with Gasteiger partial charge in [-0.1, -0.05) is 19.8 Å². The van der Waals surface area contributed by atoms with Crippen molar-refractivity contribution in [2.45, 2.75) is 45.6 Å². The fourth-order valence-corrected chi connectivity index (χ4v) is 1.15. The van der Waals surface area contributed by atoms with Crippen molar-refractivity contribution in [1.29, 1.82) is 0 Å². The van der Waals surface area contributed by atoms with Crippen molar-refractivity contribution in [3.63, 3.8) is 0 Å². The van der Waals surface area contributed by atoms with E-state index >= 15 is 0 Å². The largest absolute Gasteiger partial charge is 0.393 e. The van der Waals surface area contributed by atoms with E-state index in [1.165, 1.54) is 25.8 Å². The number of unbranched alkanes of at least 4 members (excludes halogenated alkanes) is 2. The van der Waals surface area contributed by atoms with Gasteiger partial charge in [-0.3, -0.25) is 0 Å². The first-order valence-corrected chi connectivity index (χ1v) is 5.03. The van der Waals surface area contributed by atoms with Crippen LogP contribution >= 0.6 is 0 Å². The van der Waals surface area contributed by atoms with Crippen molar-refractivity contribution >= 4 is 0 Å². The molecular weight excluding hydrogens is 150 g/mol. The van der Waals surface area contributed by atoms with Crippen molar-refractivity contribution in [1.82, 2.24) is 4.90 Å². The Morgan fingerprint density at radius 2 is 1.92 bits per heavy atom. The van der Waals surface area contributed by atoms with Gasteiger partial charge in [-0.05, 0) is 33.4 Å². The molecule has 0 heterocycles. The average Bonchev–Trinajstić information content (AvgIpc) is 2.01. The summed E-state index contributed by atoms with van der Waals surface area (Å²) < 4.78 is 0. The maximum absolute atomic E-state index is 9.05. The normalized spacial score (nSPS) is 13.8. The minimum atomic E-state index is -0.154. The van der Waals surface area contributed by atoms with Gasteiger partial charge >= 0.3 is 0 Å². The molecule has 0 spiro atoms. The van der Waals surface area contributed by atoms with E-state index in [2.05, 4.69) is 18.9 Å². The first-order valence-electron chi connectivity index (χ1n) is 5.03. The van der Waals surface area contributed by atoms with Crippen LogP contribution in [0.3, 0.4) is 0 Å². The molecule has 0 fully saturated rings. The molecule has 2 nitrogen and oxygen atoms in total. The lowest BCUT2D eigenvalue weighted by atomic mass is 10.2. The average molecular weight is 173 g/mol. The van der Waals surface area contributed by atoms with Crippen LogP contribution in [0.4, 0.5) is 0 Å². The molecule has 0 aromatic heterocycles. The van der Waals surface area contributed by atoms with Crippen molar-refractivity contribution < 1.29 is 5.11 Å². The van der Waals surface area contributed by atoms with Gasteiger partial charge in [0, 0.05) is 6.54 Å². The molecule has 1 unspecified atom stereocenters. The monoisotopic (exact) mass is 173 g/mol. The molecule has 12 heavy (non-hydrogen) atoms. The second-order valence-corrected chi connectivity index (χ2v) is 3.65. The summed E-state index contributed by atoms with van der Waals surface area (Å²) in [7, 11) is 2.12. The predicted molar refractivity (Wildman–Crippen MR) is 53.3 cm³/mol. The van der Waals surface area contributed by atoms with Crippen molar-refractivity contribution in [3.8, 4) is 0 Å². The molecule has 74 valence electrons. The van der Waals surface area contributed by atoms with Crippen LogP contribution in [-0.4, -0.2) is 36.2 Å². The summed E-state index contributed by atoms with van der Waals surface area (Å²) in [5, 5.41) is 9.05. The topological polar surface area (TPSA) is 23.5 Å². The van der Waals surface area contributed by atoms with Crippen LogP contribution in [-0.2, 0) is 0 Å². The number of hydrogen-bond donors (Lipinski definition) is 1. The molecule has 0 aromatic rings. The number of nitrogens with zero attached hydrogens (tertiary/aromatic N) is 1. The summed E-state index contributed by atoms with van der Waals surface area (Å²) >= 11 is 0. The Balaban J connectivity index is 3.15. The second kappa shape index (κ2) is 7.56. The van der Waals surface area contributed by atoms with E-state index in [1.807, 2.05) is 6.92 Å². The molecule has 0 bridgehead atoms. The third-order valence-corrected chi connectivity index (χ3v) is 2.07. The summed E-state index contributed by atoms with van der Waals surface area (Å²) in [5.41, 5.74) is 0. The summed E-state index contributed by atoms with van der Waals surface area (Å²) in [5.74, 6) is 0. The zero-order chi connectivity index (χ0) is 9.40. The van der Waals surface area contributed by atoms with Gasteiger partial charge in [0.25, 0.3) is 0 Å². The molecule has 0 aliphatic heterocycles. The van der Waals surface area contributed by atoms with Gasteiger partial charge in [-0.2, -0.15) is 0 Å². The van der Waals surface area contributed by atoms with Crippen LogP contribution in [0.2, 0.25) is 0 Å². The minimum absolute atomic E-state index is 0.154. The first-order chi connectivity index (χ1) is 5.66. The zero-order valence-electron chi connectivity index (χ0n) is 8.71. The first kappa shape index (κ1) is 11.9. The standard InChI is InChI=1S/C10H23NO/c1-4-5-6-8-11(3)9-7-10(2)12/h10,12H,4-9H2,1-3H3. The Kier molecular flexibility index (Phi) is 7.51. The van der Waals surface area contributed by atoms with Crippen LogP contribution in [0.25, 0.3) is 0 Å². The summed E-state index contributed by atoms with van der Waals surface area (Å²) in [6.45, 7) is 6.25. The van der Waals surface area contributed by atoms with E-state index in [-0.39, 0.29) is 6.10 Å². The third-order valence-electron chi connectivity index (χ3n) is 2.07. The lowest BCUT2D eigenvalue weighted by molar-refractivity contribution is 0.164. The summed E-state index contributed by atoms with van der Waals surface area (Å²) in [4.78, 5) is 2.29. The molecule has 1 N–H and O–H groups in total. The van der Waals surface area contributed by atoms with E-state index in [0.717, 1.165) is 13.0 Å². The molecular formula is C10H23NO. The molecule has 0 aliphatic rings. The number of rotatable bonds is 7. The molecule has 0 saturated carbocycles. The molecule has 0 amide bonds. The van der Waals surface area contributed by atoms with E-state index in [4.69, 9.17) is 5.11 Å². The summed E-state index contributed by atoms with van der Waals surface area (Å²) in [6.07, 6.45) is 4.62. The molecule has 0 aliphatic carbocycles. The molecule has 0 radical (unpaired) electrons. The highest BCUT2D eigenvalue weighted by Gasteiger charge is 2.00. The maximum Gasteiger partial charge on any atom is 0.0524 e. The van der Waals surface area contributed by atoms with E-state index in [1.54, 1.807) is 0 Å². The fourth-order valence-electron chi connectivity index (χ4n) is 1.15. The van der Waals surface area contributed by atoms with Gasteiger partial charge in [-0.15, -0.1) is 0 Å². The number of aliphatic hydroxyl groups is 1. The lowest BCUT2D eigenvalue weighted by Crippen LogP contribution is -2.23. The highest BCUT2D eigenvalue weighted by atomic mass is 16.3. The van der Waals surface area contributed by atoms with Crippen LogP contribution in [0.15, 0.2) is 0 Å². The fraction of sp³-hybridized carbons (Fsp3) is 1.00. The maximum atomic E-state index is 9.05. The van der Waals surface area contributed by atoms with Gasteiger partial charge < -0.3 is 10.0 Å². The smallest absolute Gasteiger partial charge is 0.0524 e. The van der Waals surface area contributed by atoms with Gasteiger partial charge in [0.1, 0.15) is 0 Å². The summed E-state index contributed by atoms with van der Waals surface area (Å²) in [6, 6.07) is 0.